The van der Waals surface area contributed by atoms with Gasteiger partial charge < -0.3 is 4.74 Å². The molecule has 2 aromatic carbocycles. The molecule has 1 aromatic heterocycles. The summed E-state index contributed by atoms with van der Waals surface area (Å²) in [5.41, 5.74) is 3.44. The topological polar surface area (TPSA) is 63.0 Å². The minimum Gasteiger partial charge on any atom is -0.426 e. The number of ether oxygens (including phenoxy) is 1. The number of nitriles is 1. The summed E-state index contributed by atoms with van der Waals surface area (Å²) in [7, 11) is 0. The Kier molecular flexibility index (Phi) is 4.64. The number of aromatic nitrogens is 1. The molecule has 3 rings (SSSR count). The first-order chi connectivity index (χ1) is 11.7. The summed E-state index contributed by atoms with van der Waals surface area (Å²) in [4.78, 5) is 15.9. The van der Waals surface area contributed by atoms with Crippen LogP contribution in [0.2, 0.25) is 0 Å². The van der Waals surface area contributed by atoms with Gasteiger partial charge in [-0.2, -0.15) is 5.26 Å². The van der Waals surface area contributed by atoms with E-state index in [4.69, 9.17) is 10.00 Å². The van der Waals surface area contributed by atoms with Crippen LogP contribution in [0.5, 0.6) is 5.75 Å². The molecule has 0 fully saturated rings. The molecule has 4 heteroatoms. The molecule has 0 aliphatic rings. The Morgan fingerprint density at radius 3 is 2.25 bits per heavy atom. The molecule has 0 aliphatic heterocycles. The highest BCUT2D eigenvalue weighted by molar-refractivity contribution is 5.75. The van der Waals surface area contributed by atoms with Crippen LogP contribution in [0.3, 0.4) is 0 Å². The van der Waals surface area contributed by atoms with Crippen LogP contribution in [0, 0.1) is 11.3 Å². The molecule has 0 unspecified atom stereocenters. The molecule has 0 saturated carbocycles. The molecule has 0 bridgehead atoms. The van der Waals surface area contributed by atoms with Gasteiger partial charge in [-0.1, -0.05) is 30.3 Å². The molecule has 0 radical (unpaired) electrons. The van der Waals surface area contributed by atoms with Crippen LogP contribution in [0.15, 0.2) is 73.1 Å². The summed E-state index contributed by atoms with van der Waals surface area (Å²) >= 11 is 0. The van der Waals surface area contributed by atoms with Gasteiger partial charge in [-0.05, 0) is 47.0 Å². The maximum absolute atomic E-state index is 11.9. The second-order valence-electron chi connectivity index (χ2n) is 5.23. The average Bonchev–Trinajstić information content (AvgIpc) is 2.63. The van der Waals surface area contributed by atoms with Crippen molar-refractivity contribution in [2.75, 3.05) is 0 Å². The molecule has 0 aliphatic carbocycles. The van der Waals surface area contributed by atoms with Gasteiger partial charge in [0.1, 0.15) is 5.75 Å². The van der Waals surface area contributed by atoms with Gasteiger partial charge in [0.2, 0.25) is 0 Å². The number of esters is 1. The number of rotatable bonds is 4. The van der Waals surface area contributed by atoms with Crippen LogP contribution >= 0.6 is 0 Å². The fraction of sp³-hybridized carbons (Fsp3) is 0.0500. The summed E-state index contributed by atoms with van der Waals surface area (Å²) < 4.78 is 5.34. The third kappa shape index (κ3) is 3.84. The summed E-state index contributed by atoms with van der Waals surface area (Å²) in [5, 5.41) is 8.82. The Morgan fingerprint density at radius 1 is 1.00 bits per heavy atom. The lowest BCUT2D eigenvalue weighted by atomic mass is 10.0. The predicted molar refractivity (Wildman–Crippen MR) is 90.2 cm³/mol. The smallest absolute Gasteiger partial charge is 0.315 e. The van der Waals surface area contributed by atoms with E-state index in [1.54, 1.807) is 42.7 Å². The van der Waals surface area contributed by atoms with Crippen molar-refractivity contribution in [3.05, 3.63) is 84.2 Å². The van der Waals surface area contributed by atoms with Crippen molar-refractivity contribution in [1.29, 1.82) is 5.26 Å². The van der Waals surface area contributed by atoms with Crippen molar-refractivity contribution < 1.29 is 9.53 Å². The monoisotopic (exact) mass is 314 g/mol. The average molecular weight is 314 g/mol. The lowest BCUT2D eigenvalue weighted by Gasteiger charge is -2.06. The highest BCUT2D eigenvalue weighted by Crippen LogP contribution is 2.23. The Bertz CT molecular complexity index is 864. The van der Waals surface area contributed by atoms with E-state index in [9.17, 15) is 4.79 Å². The number of hydrogen-bond acceptors (Lipinski definition) is 4. The van der Waals surface area contributed by atoms with E-state index in [-0.39, 0.29) is 12.4 Å². The Balaban J connectivity index is 1.66. The lowest BCUT2D eigenvalue weighted by Crippen LogP contribution is -2.11. The van der Waals surface area contributed by atoms with Crippen LogP contribution in [-0.2, 0) is 11.2 Å². The quantitative estimate of drug-likeness (QED) is 0.543. The summed E-state index contributed by atoms with van der Waals surface area (Å²) in [6.07, 6.45) is 3.50. The highest BCUT2D eigenvalue weighted by Gasteiger charge is 2.07. The van der Waals surface area contributed by atoms with E-state index >= 15 is 0 Å². The van der Waals surface area contributed by atoms with E-state index in [1.165, 1.54) is 0 Å². The van der Waals surface area contributed by atoms with Crippen molar-refractivity contribution in [2.45, 2.75) is 6.42 Å². The maximum atomic E-state index is 11.9. The SMILES string of the molecule is N#Cc1ccc(-c2ccc(OC(=O)Cc3cccnc3)cc2)cc1. The second kappa shape index (κ2) is 7.21. The highest BCUT2D eigenvalue weighted by atomic mass is 16.5. The van der Waals surface area contributed by atoms with Gasteiger partial charge in [-0.15, -0.1) is 0 Å². The molecular formula is C20H14N2O2. The molecule has 0 spiro atoms. The van der Waals surface area contributed by atoms with Crippen LogP contribution in [0.1, 0.15) is 11.1 Å². The van der Waals surface area contributed by atoms with Crippen molar-refractivity contribution >= 4 is 5.97 Å². The predicted octanol–water partition coefficient (Wildman–Crippen LogP) is 3.77. The molecule has 24 heavy (non-hydrogen) atoms. The lowest BCUT2D eigenvalue weighted by molar-refractivity contribution is -0.133. The van der Waals surface area contributed by atoms with E-state index in [1.807, 2.05) is 30.3 Å². The second-order valence-corrected chi connectivity index (χ2v) is 5.23. The van der Waals surface area contributed by atoms with Gasteiger partial charge in [0.15, 0.2) is 0 Å². The van der Waals surface area contributed by atoms with E-state index < -0.39 is 0 Å². The van der Waals surface area contributed by atoms with Crippen molar-refractivity contribution in [3.8, 4) is 22.9 Å². The number of pyridine rings is 1. The van der Waals surface area contributed by atoms with Crippen LogP contribution in [0.4, 0.5) is 0 Å². The summed E-state index contributed by atoms with van der Waals surface area (Å²) in [5.74, 6) is 0.176. The summed E-state index contributed by atoms with van der Waals surface area (Å²) in [6.45, 7) is 0. The standard InChI is InChI=1S/C20H14N2O2/c21-13-15-3-5-17(6-4-15)18-7-9-19(10-8-18)24-20(23)12-16-2-1-11-22-14-16/h1-11,14H,12H2. The zero-order valence-electron chi connectivity index (χ0n) is 12.8. The first-order valence-electron chi connectivity index (χ1n) is 7.45. The molecule has 4 nitrogen and oxygen atoms in total. The van der Waals surface area contributed by atoms with Gasteiger partial charge in [0, 0.05) is 12.4 Å². The number of nitrogens with zero attached hydrogens (tertiary/aromatic N) is 2. The largest absolute Gasteiger partial charge is 0.426 e. The van der Waals surface area contributed by atoms with Gasteiger partial charge in [-0.25, -0.2) is 0 Å². The zero-order valence-corrected chi connectivity index (χ0v) is 12.8. The Hall–Kier alpha value is -3.45. The van der Waals surface area contributed by atoms with Crippen LogP contribution in [-0.4, -0.2) is 11.0 Å². The molecule has 0 atom stereocenters. The third-order valence-electron chi connectivity index (χ3n) is 3.50. The zero-order chi connectivity index (χ0) is 16.8. The van der Waals surface area contributed by atoms with E-state index in [0.717, 1.165) is 16.7 Å². The summed E-state index contributed by atoms with van der Waals surface area (Å²) in [6, 6.07) is 20.3. The Labute approximate surface area is 140 Å². The first kappa shape index (κ1) is 15.4. The fourth-order valence-corrected chi connectivity index (χ4v) is 2.29. The van der Waals surface area contributed by atoms with E-state index in [0.29, 0.717) is 11.3 Å². The molecule has 0 saturated heterocycles. The molecule has 1 heterocycles. The van der Waals surface area contributed by atoms with Crippen molar-refractivity contribution in [1.82, 2.24) is 4.98 Å². The fourth-order valence-electron chi connectivity index (χ4n) is 2.29. The van der Waals surface area contributed by atoms with Gasteiger partial charge in [0.25, 0.3) is 0 Å². The van der Waals surface area contributed by atoms with Crippen molar-refractivity contribution in [2.24, 2.45) is 0 Å². The maximum Gasteiger partial charge on any atom is 0.315 e. The van der Waals surface area contributed by atoms with Gasteiger partial charge in [-0.3, -0.25) is 9.78 Å². The number of benzene rings is 2. The van der Waals surface area contributed by atoms with Crippen LogP contribution < -0.4 is 4.74 Å². The van der Waals surface area contributed by atoms with E-state index in [2.05, 4.69) is 11.1 Å². The minimum absolute atomic E-state index is 0.186. The third-order valence-corrected chi connectivity index (χ3v) is 3.50. The number of carbonyl (C=O) groups excluding carboxylic acids is 1. The molecule has 0 amide bonds. The molecular weight excluding hydrogens is 300 g/mol. The molecule has 3 aromatic rings. The van der Waals surface area contributed by atoms with Gasteiger partial charge in [0.05, 0.1) is 18.1 Å². The van der Waals surface area contributed by atoms with Crippen molar-refractivity contribution in [3.63, 3.8) is 0 Å². The number of hydrogen-bond donors (Lipinski definition) is 0. The Morgan fingerprint density at radius 2 is 1.67 bits per heavy atom. The normalized spacial score (nSPS) is 9.96. The molecule has 116 valence electrons. The van der Waals surface area contributed by atoms with Gasteiger partial charge >= 0.3 is 5.97 Å². The molecule has 0 N–H and O–H groups in total. The van der Waals surface area contributed by atoms with Crippen LogP contribution in [0.25, 0.3) is 11.1 Å². The minimum atomic E-state index is -0.325. The number of carbonyl (C=O) groups is 1. The first-order valence-corrected chi connectivity index (χ1v) is 7.45.